The molecule has 5 aromatic rings. The third-order valence-electron chi connectivity index (χ3n) is 7.02. The van der Waals surface area contributed by atoms with Crippen LogP contribution in [0.15, 0.2) is 78.0 Å². The van der Waals surface area contributed by atoms with Crippen molar-refractivity contribution in [1.82, 2.24) is 29.9 Å². The molecule has 13 heteroatoms. The number of nitrogens with zero attached hydrogens (tertiary/aromatic N) is 6. The molecule has 1 saturated heterocycles. The molecule has 6 rings (SSSR count). The molecule has 2 N–H and O–H groups in total. The van der Waals surface area contributed by atoms with Gasteiger partial charge in [0.05, 0.1) is 41.9 Å². The highest BCUT2D eigenvalue weighted by atomic mass is 19.1. The number of hydrogen-bond donors (Lipinski definition) is 2. The maximum Gasteiger partial charge on any atom is 0.284 e. The Kier molecular flexibility index (Phi) is 7.66. The molecule has 1 aliphatic rings. The summed E-state index contributed by atoms with van der Waals surface area (Å²) in [7, 11) is 0. The molecule has 0 unspecified atom stereocenters. The third kappa shape index (κ3) is 5.60. The minimum Gasteiger partial charge on any atom is -0.379 e. The van der Waals surface area contributed by atoms with E-state index in [2.05, 4.69) is 30.5 Å². The van der Waals surface area contributed by atoms with Crippen LogP contribution in [0.3, 0.4) is 0 Å². The number of pyridine rings is 1. The number of morpholine rings is 1. The first kappa shape index (κ1) is 27.2. The average molecular weight is 573 g/mol. The fraction of sp³-hybridized carbons (Fsp3) is 0.207. The second-order valence-corrected chi connectivity index (χ2v) is 9.63. The molecule has 0 radical (unpaired) electrons. The van der Waals surface area contributed by atoms with E-state index in [-0.39, 0.29) is 11.3 Å². The van der Waals surface area contributed by atoms with Crippen LogP contribution in [0.4, 0.5) is 25.8 Å². The van der Waals surface area contributed by atoms with Gasteiger partial charge in [0.15, 0.2) is 5.65 Å². The lowest BCUT2D eigenvalue weighted by molar-refractivity contribution is 0.0394. The molecule has 3 aromatic heterocycles. The van der Waals surface area contributed by atoms with Crippen molar-refractivity contribution in [2.45, 2.75) is 0 Å². The number of anilines is 3. The maximum atomic E-state index is 15.8. The molecule has 0 spiro atoms. The van der Waals surface area contributed by atoms with Crippen LogP contribution in [0.5, 0.6) is 0 Å². The highest BCUT2D eigenvalue weighted by molar-refractivity contribution is 6.04. The second-order valence-electron chi connectivity index (χ2n) is 9.63. The van der Waals surface area contributed by atoms with E-state index in [4.69, 9.17) is 4.74 Å². The average Bonchev–Trinajstić information content (AvgIpc) is 3.49. The van der Waals surface area contributed by atoms with Crippen molar-refractivity contribution in [1.29, 1.82) is 0 Å². The van der Waals surface area contributed by atoms with Crippen LogP contribution in [0, 0.1) is 11.6 Å². The molecule has 0 saturated carbocycles. The number of hydrogen-bond acceptors (Lipinski definition) is 8. The standard InChI is InChI=1S/C29H26F2N8O3/c30-19-1-4-21(5-2-19)39-29(41)22(7-10-34-39)28(40)35-20-3-6-26(24(31)17-20)38(12-11-37-13-15-42-16-14-37)25-8-9-32-27-23(25)18-33-36-27/h1-10,17-18H,11-16H2,(H,35,40)(H,32,33,36). The Balaban J connectivity index is 1.27. The van der Waals surface area contributed by atoms with Gasteiger partial charge >= 0.3 is 0 Å². The number of fused-ring (bicyclic) bond motifs is 1. The molecular weight excluding hydrogens is 546 g/mol. The minimum absolute atomic E-state index is 0.169. The number of nitrogens with one attached hydrogen (secondary N) is 2. The molecule has 1 fully saturated rings. The topological polar surface area (TPSA) is 121 Å². The third-order valence-corrected chi connectivity index (χ3v) is 7.02. The summed E-state index contributed by atoms with van der Waals surface area (Å²) in [6, 6.07) is 12.6. The molecule has 0 aliphatic carbocycles. The van der Waals surface area contributed by atoms with Crippen LogP contribution in [0.1, 0.15) is 10.4 Å². The number of carbonyl (C=O) groups is 1. The number of amides is 1. The maximum absolute atomic E-state index is 15.8. The predicted octanol–water partition coefficient (Wildman–Crippen LogP) is 3.50. The Hall–Kier alpha value is -5.01. The van der Waals surface area contributed by atoms with Gasteiger partial charge in [0.2, 0.25) is 0 Å². The van der Waals surface area contributed by atoms with Gasteiger partial charge in [-0.05, 0) is 54.6 Å². The van der Waals surface area contributed by atoms with Crippen molar-refractivity contribution in [2.24, 2.45) is 0 Å². The smallest absolute Gasteiger partial charge is 0.284 e. The lowest BCUT2D eigenvalue weighted by atomic mass is 10.2. The quantitative estimate of drug-likeness (QED) is 0.290. The highest BCUT2D eigenvalue weighted by Gasteiger charge is 2.21. The van der Waals surface area contributed by atoms with Crippen molar-refractivity contribution < 1.29 is 18.3 Å². The van der Waals surface area contributed by atoms with Gasteiger partial charge in [-0.25, -0.2) is 13.8 Å². The van der Waals surface area contributed by atoms with Gasteiger partial charge in [0, 0.05) is 44.3 Å². The summed E-state index contributed by atoms with van der Waals surface area (Å²) in [6.07, 6.45) is 4.58. The van der Waals surface area contributed by atoms with Gasteiger partial charge in [0.25, 0.3) is 11.5 Å². The minimum atomic E-state index is -0.733. The normalized spacial score (nSPS) is 13.8. The number of halogens is 2. The van der Waals surface area contributed by atoms with E-state index < -0.39 is 23.1 Å². The van der Waals surface area contributed by atoms with Gasteiger partial charge in [-0.2, -0.15) is 14.9 Å². The van der Waals surface area contributed by atoms with Crippen molar-refractivity contribution in [3.8, 4) is 5.69 Å². The Morgan fingerprint density at radius 1 is 1.02 bits per heavy atom. The summed E-state index contributed by atoms with van der Waals surface area (Å²) >= 11 is 0. The lowest BCUT2D eigenvalue weighted by Crippen LogP contribution is -2.40. The van der Waals surface area contributed by atoms with E-state index in [0.717, 1.165) is 28.8 Å². The van der Waals surface area contributed by atoms with Crippen LogP contribution in [-0.4, -0.2) is 75.2 Å². The fourth-order valence-corrected chi connectivity index (χ4v) is 4.86. The molecule has 4 heterocycles. The van der Waals surface area contributed by atoms with Crippen molar-refractivity contribution in [3.63, 3.8) is 0 Å². The summed E-state index contributed by atoms with van der Waals surface area (Å²) in [5, 5.41) is 14.3. The van der Waals surface area contributed by atoms with Gasteiger partial charge < -0.3 is 15.0 Å². The molecule has 1 aliphatic heterocycles. The highest BCUT2D eigenvalue weighted by Crippen LogP contribution is 2.33. The zero-order valence-corrected chi connectivity index (χ0v) is 22.3. The summed E-state index contributed by atoms with van der Waals surface area (Å²) < 4.78 is 35.5. The number of aromatic amines is 1. The van der Waals surface area contributed by atoms with Gasteiger partial charge in [-0.1, -0.05) is 0 Å². The Morgan fingerprint density at radius 2 is 1.83 bits per heavy atom. The largest absolute Gasteiger partial charge is 0.379 e. The van der Waals surface area contributed by atoms with E-state index >= 15 is 4.39 Å². The second kappa shape index (κ2) is 11.8. The monoisotopic (exact) mass is 572 g/mol. The number of carbonyl (C=O) groups excluding carboxylic acids is 1. The van der Waals surface area contributed by atoms with Crippen molar-refractivity contribution in [2.75, 3.05) is 49.6 Å². The van der Waals surface area contributed by atoms with Crippen molar-refractivity contribution in [3.05, 3.63) is 101 Å². The summed E-state index contributed by atoms with van der Waals surface area (Å²) in [5.74, 6) is -1.77. The Bertz CT molecular complexity index is 1780. The first-order valence-corrected chi connectivity index (χ1v) is 13.3. The summed E-state index contributed by atoms with van der Waals surface area (Å²) in [6.45, 7) is 4.03. The number of aromatic nitrogens is 5. The molecule has 11 nitrogen and oxygen atoms in total. The van der Waals surface area contributed by atoms with Gasteiger partial charge in [0.1, 0.15) is 17.2 Å². The van der Waals surface area contributed by atoms with E-state index in [0.29, 0.717) is 43.3 Å². The van der Waals surface area contributed by atoms with Gasteiger partial charge in [-0.15, -0.1) is 0 Å². The Morgan fingerprint density at radius 3 is 2.62 bits per heavy atom. The first-order valence-electron chi connectivity index (χ1n) is 13.3. The predicted molar refractivity (Wildman–Crippen MR) is 152 cm³/mol. The fourth-order valence-electron chi connectivity index (χ4n) is 4.86. The van der Waals surface area contributed by atoms with Crippen LogP contribution < -0.4 is 15.8 Å². The number of rotatable bonds is 8. The van der Waals surface area contributed by atoms with Gasteiger partial charge in [-0.3, -0.25) is 19.6 Å². The zero-order valence-electron chi connectivity index (χ0n) is 22.3. The van der Waals surface area contributed by atoms with Crippen LogP contribution in [0.25, 0.3) is 16.7 Å². The molecule has 2 aromatic carbocycles. The molecule has 0 bridgehead atoms. The number of ether oxygens (including phenoxy) is 1. The lowest BCUT2D eigenvalue weighted by Gasteiger charge is -2.31. The van der Waals surface area contributed by atoms with E-state index in [1.165, 1.54) is 42.6 Å². The molecule has 214 valence electrons. The van der Waals surface area contributed by atoms with E-state index in [1.807, 2.05) is 11.0 Å². The van der Waals surface area contributed by atoms with Crippen LogP contribution in [0.2, 0.25) is 0 Å². The Labute approximate surface area is 238 Å². The number of H-pyrrole nitrogens is 1. The molecule has 0 atom stereocenters. The summed E-state index contributed by atoms with van der Waals surface area (Å²) in [4.78, 5) is 34.4. The molecular formula is C29H26F2N8O3. The molecule has 1 amide bonds. The van der Waals surface area contributed by atoms with Crippen LogP contribution in [-0.2, 0) is 4.74 Å². The first-order chi connectivity index (χ1) is 20.5. The van der Waals surface area contributed by atoms with Crippen molar-refractivity contribution >= 4 is 34.0 Å². The van der Waals surface area contributed by atoms with Crippen LogP contribution >= 0.6 is 0 Å². The molecule has 42 heavy (non-hydrogen) atoms. The zero-order chi connectivity index (χ0) is 29.1. The van der Waals surface area contributed by atoms with E-state index in [9.17, 15) is 14.0 Å². The number of benzene rings is 2. The summed E-state index contributed by atoms with van der Waals surface area (Å²) in [5.41, 5.74) is 1.18. The van der Waals surface area contributed by atoms with E-state index in [1.54, 1.807) is 24.5 Å². The SMILES string of the molecule is O=C(Nc1ccc(N(CCN2CCOCC2)c2ccnc3[nH]ncc23)c(F)c1)c1ccnn(-c2ccc(F)cc2)c1=O.